The summed E-state index contributed by atoms with van der Waals surface area (Å²) >= 11 is 0. The first-order valence-corrected chi connectivity index (χ1v) is 9.99. The van der Waals surface area contributed by atoms with E-state index in [9.17, 15) is 9.18 Å². The third-order valence-electron chi connectivity index (χ3n) is 4.65. The molecule has 2 heterocycles. The predicted octanol–water partition coefficient (Wildman–Crippen LogP) is 4.46. The Morgan fingerprint density at radius 2 is 1.87 bits per heavy atom. The minimum atomic E-state index is -0.315. The summed E-state index contributed by atoms with van der Waals surface area (Å²) in [6, 6.07) is 16.7. The molecule has 4 rings (SSSR count). The normalized spacial score (nSPS) is 10.8. The van der Waals surface area contributed by atoms with Gasteiger partial charge in [-0.2, -0.15) is 0 Å². The average Bonchev–Trinajstić information content (AvgIpc) is 3.14. The summed E-state index contributed by atoms with van der Waals surface area (Å²) in [6.07, 6.45) is 1.70. The van der Waals surface area contributed by atoms with E-state index in [4.69, 9.17) is 4.74 Å². The van der Waals surface area contributed by atoms with Crippen LogP contribution in [0.25, 0.3) is 22.6 Å². The average molecular weight is 419 g/mol. The fourth-order valence-corrected chi connectivity index (χ4v) is 3.25. The van der Waals surface area contributed by atoms with E-state index in [1.165, 1.54) is 12.1 Å². The molecule has 2 aromatic carbocycles. The zero-order chi connectivity index (χ0) is 21.6. The summed E-state index contributed by atoms with van der Waals surface area (Å²) in [4.78, 5) is 21.3. The Morgan fingerprint density at radius 3 is 2.61 bits per heavy atom. The van der Waals surface area contributed by atoms with Gasteiger partial charge in [0.25, 0.3) is 0 Å². The molecule has 2 aromatic heterocycles. The Balaban J connectivity index is 1.44. The van der Waals surface area contributed by atoms with Crippen LogP contribution in [0.15, 0.2) is 66.9 Å². The molecule has 2 N–H and O–H groups in total. The Morgan fingerprint density at radius 1 is 1.10 bits per heavy atom. The van der Waals surface area contributed by atoms with Crippen LogP contribution in [0.2, 0.25) is 0 Å². The van der Waals surface area contributed by atoms with Gasteiger partial charge >= 0.3 is 6.03 Å². The van der Waals surface area contributed by atoms with Crippen molar-refractivity contribution in [3.63, 3.8) is 0 Å². The van der Waals surface area contributed by atoms with Crippen LogP contribution in [0.1, 0.15) is 6.92 Å². The molecule has 0 fully saturated rings. The van der Waals surface area contributed by atoms with Crippen molar-refractivity contribution < 1.29 is 13.9 Å². The maximum absolute atomic E-state index is 13.3. The van der Waals surface area contributed by atoms with E-state index in [0.717, 1.165) is 16.8 Å². The van der Waals surface area contributed by atoms with Gasteiger partial charge in [0.1, 0.15) is 22.9 Å². The van der Waals surface area contributed by atoms with Gasteiger partial charge < -0.3 is 19.9 Å². The van der Waals surface area contributed by atoms with Crippen LogP contribution in [0.3, 0.4) is 0 Å². The second-order valence-corrected chi connectivity index (χ2v) is 6.78. The summed E-state index contributed by atoms with van der Waals surface area (Å²) in [5.41, 5.74) is 2.89. The van der Waals surface area contributed by atoms with Crippen LogP contribution < -0.4 is 15.4 Å². The summed E-state index contributed by atoms with van der Waals surface area (Å²) in [5.74, 6) is 1.11. The van der Waals surface area contributed by atoms with Crippen LogP contribution in [0, 0.1) is 5.82 Å². The molecule has 158 valence electrons. The molecule has 4 aromatic rings. The van der Waals surface area contributed by atoms with E-state index in [-0.39, 0.29) is 11.8 Å². The van der Waals surface area contributed by atoms with Gasteiger partial charge in [-0.15, -0.1) is 0 Å². The highest BCUT2D eigenvalue weighted by atomic mass is 19.1. The summed E-state index contributed by atoms with van der Waals surface area (Å²) in [5, 5.41) is 5.64. The van der Waals surface area contributed by atoms with Crippen molar-refractivity contribution in [2.45, 2.75) is 13.5 Å². The first-order chi connectivity index (χ1) is 15.1. The number of fused-ring (bicyclic) bond motifs is 1. The fraction of sp³-hybridized carbons (Fsp3) is 0.174. The molecule has 2 amide bonds. The van der Waals surface area contributed by atoms with Crippen molar-refractivity contribution in [3.8, 4) is 17.1 Å². The zero-order valence-electron chi connectivity index (χ0n) is 17.0. The first kappa shape index (κ1) is 20.3. The monoisotopic (exact) mass is 419 g/mol. The number of aromatic nitrogens is 3. The van der Waals surface area contributed by atoms with Crippen molar-refractivity contribution in [2.75, 3.05) is 18.5 Å². The van der Waals surface area contributed by atoms with Crippen molar-refractivity contribution in [1.82, 2.24) is 19.9 Å². The molecule has 31 heavy (non-hydrogen) atoms. The number of urea groups is 1. The lowest BCUT2D eigenvalue weighted by Gasteiger charge is -2.11. The second kappa shape index (κ2) is 9.25. The Hall–Kier alpha value is -3.94. The summed E-state index contributed by atoms with van der Waals surface area (Å²) in [7, 11) is 0. The molecular weight excluding hydrogens is 397 g/mol. The fourth-order valence-electron chi connectivity index (χ4n) is 3.25. The summed E-state index contributed by atoms with van der Waals surface area (Å²) in [6.45, 7) is 3.32. The van der Waals surface area contributed by atoms with E-state index >= 15 is 0 Å². The number of imidazole rings is 1. The lowest BCUT2D eigenvalue weighted by atomic mass is 10.2. The maximum Gasteiger partial charge on any atom is 0.319 e. The molecule has 8 heteroatoms. The van der Waals surface area contributed by atoms with E-state index in [2.05, 4.69) is 20.6 Å². The number of benzene rings is 2. The molecule has 0 radical (unpaired) electrons. The number of nitrogens with one attached hydrogen (secondary N) is 2. The lowest BCUT2D eigenvalue weighted by Crippen LogP contribution is -2.31. The highest BCUT2D eigenvalue weighted by molar-refractivity contribution is 5.89. The van der Waals surface area contributed by atoms with E-state index in [0.29, 0.717) is 36.9 Å². The Kier molecular flexibility index (Phi) is 6.07. The molecule has 0 spiro atoms. The highest BCUT2D eigenvalue weighted by Gasteiger charge is 2.14. The van der Waals surface area contributed by atoms with Crippen molar-refractivity contribution in [1.29, 1.82) is 0 Å². The number of carbonyl (C=O) groups excluding carboxylic acids is 1. The SMILES string of the molecule is CCOc1ccc(NC(=O)NCCn2c(-c3ccc(F)cc3)nc3cccnc32)cc1. The molecular formula is C23H22FN5O2. The Labute approximate surface area is 178 Å². The Bertz CT molecular complexity index is 1170. The number of hydrogen-bond donors (Lipinski definition) is 2. The van der Waals surface area contributed by atoms with Gasteiger partial charge in [-0.3, -0.25) is 0 Å². The van der Waals surface area contributed by atoms with Crippen LogP contribution in [-0.4, -0.2) is 33.7 Å². The molecule has 0 aliphatic heterocycles. The molecule has 0 saturated carbocycles. The van der Waals surface area contributed by atoms with E-state index in [1.54, 1.807) is 42.6 Å². The van der Waals surface area contributed by atoms with Gasteiger partial charge in [-0.1, -0.05) is 0 Å². The van der Waals surface area contributed by atoms with Gasteiger partial charge in [0.15, 0.2) is 5.65 Å². The number of halogens is 1. The number of anilines is 1. The van der Waals surface area contributed by atoms with Gasteiger partial charge in [0.05, 0.1) is 6.61 Å². The molecule has 0 bridgehead atoms. The van der Waals surface area contributed by atoms with Crippen LogP contribution in [0.5, 0.6) is 5.75 Å². The van der Waals surface area contributed by atoms with Gasteiger partial charge in [0, 0.05) is 30.5 Å². The number of pyridine rings is 1. The number of amides is 2. The van der Waals surface area contributed by atoms with Crippen LogP contribution in [0.4, 0.5) is 14.9 Å². The number of ether oxygens (including phenoxy) is 1. The minimum absolute atomic E-state index is 0.308. The molecule has 7 nitrogen and oxygen atoms in total. The second-order valence-electron chi connectivity index (χ2n) is 6.78. The number of hydrogen-bond acceptors (Lipinski definition) is 4. The number of rotatable bonds is 7. The van der Waals surface area contributed by atoms with Crippen molar-refractivity contribution in [3.05, 3.63) is 72.7 Å². The predicted molar refractivity (Wildman–Crippen MR) is 118 cm³/mol. The standard InChI is InChI=1S/C23H22FN5O2/c1-2-31-19-11-9-18(10-12-19)27-23(30)26-14-15-29-21(16-5-7-17(24)8-6-16)28-20-4-3-13-25-22(20)29/h3-13H,2,14-15H2,1H3,(H2,26,27,30). The maximum atomic E-state index is 13.3. The summed E-state index contributed by atoms with van der Waals surface area (Å²) < 4.78 is 20.7. The molecule has 0 aliphatic carbocycles. The zero-order valence-corrected chi connectivity index (χ0v) is 17.0. The van der Waals surface area contributed by atoms with Crippen LogP contribution >= 0.6 is 0 Å². The van der Waals surface area contributed by atoms with Crippen molar-refractivity contribution >= 4 is 22.9 Å². The molecule has 0 unspecified atom stereocenters. The van der Waals surface area contributed by atoms with E-state index < -0.39 is 0 Å². The molecule has 0 saturated heterocycles. The smallest absolute Gasteiger partial charge is 0.319 e. The first-order valence-electron chi connectivity index (χ1n) is 9.99. The third kappa shape index (κ3) is 4.80. The molecule has 0 atom stereocenters. The van der Waals surface area contributed by atoms with E-state index in [1.807, 2.05) is 23.6 Å². The van der Waals surface area contributed by atoms with Crippen molar-refractivity contribution in [2.24, 2.45) is 0 Å². The minimum Gasteiger partial charge on any atom is -0.494 e. The highest BCUT2D eigenvalue weighted by Crippen LogP contribution is 2.23. The third-order valence-corrected chi connectivity index (χ3v) is 4.65. The molecule has 0 aliphatic rings. The number of nitrogens with zero attached hydrogens (tertiary/aromatic N) is 3. The number of carbonyl (C=O) groups is 1. The quantitative estimate of drug-likeness (QED) is 0.464. The topological polar surface area (TPSA) is 81.1 Å². The van der Waals surface area contributed by atoms with Crippen LogP contribution in [-0.2, 0) is 6.54 Å². The van der Waals surface area contributed by atoms with Gasteiger partial charge in [-0.25, -0.2) is 19.2 Å². The largest absolute Gasteiger partial charge is 0.494 e. The lowest BCUT2D eigenvalue weighted by molar-refractivity contribution is 0.251. The van der Waals surface area contributed by atoms with Gasteiger partial charge in [0.2, 0.25) is 0 Å². The van der Waals surface area contributed by atoms with Gasteiger partial charge in [-0.05, 0) is 67.6 Å².